The maximum Gasteiger partial charge on any atom is 0.191 e. The highest BCUT2D eigenvalue weighted by Crippen LogP contribution is 2.08. The molecule has 1 aromatic rings. The number of nitrogens with one attached hydrogen (secondary N) is 2. The van der Waals surface area contributed by atoms with Crippen molar-refractivity contribution in [3.05, 3.63) is 30.3 Å². The Bertz CT molecular complexity index is 489. The molecule has 1 heterocycles. The Hall–Kier alpha value is -1.79. The summed E-state index contributed by atoms with van der Waals surface area (Å²) in [6.45, 7) is 11.1. The van der Waals surface area contributed by atoms with Gasteiger partial charge in [0.1, 0.15) is 5.75 Å². The monoisotopic (exact) mass is 348 g/mol. The minimum atomic E-state index is 0.431. The van der Waals surface area contributed by atoms with Crippen molar-refractivity contribution in [2.45, 2.75) is 26.3 Å². The van der Waals surface area contributed by atoms with Gasteiger partial charge in [0.15, 0.2) is 5.96 Å². The van der Waals surface area contributed by atoms with E-state index in [-0.39, 0.29) is 0 Å². The lowest BCUT2D eigenvalue weighted by atomic mass is 10.2. The maximum atomic E-state index is 5.71. The van der Waals surface area contributed by atoms with Gasteiger partial charge in [-0.2, -0.15) is 0 Å². The van der Waals surface area contributed by atoms with E-state index in [1.54, 1.807) is 0 Å². The Morgan fingerprint density at radius 1 is 1.24 bits per heavy atom. The van der Waals surface area contributed by atoms with Crippen LogP contribution in [0.2, 0.25) is 0 Å². The van der Waals surface area contributed by atoms with Crippen LogP contribution in [0.4, 0.5) is 0 Å². The van der Waals surface area contributed by atoms with Crippen LogP contribution in [0.5, 0.6) is 5.75 Å². The second-order valence-corrected chi connectivity index (χ2v) is 6.16. The van der Waals surface area contributed by atoms with Crippen LogP contribution in [0.1, 0.15) is 20.3 Å². The number of ether oxygens (including phenoxy) is 2. The van der Waals surface area contributed by atoms with E-state index in [9.17, 15) is 0 Å². The highest BCUT2D eigenvalue weighted by atomic mass is 16.5. The average molecular weight is 348 g/mol. The zero-order chi connectivity index (χ0) is 17.7. The number of aliphatic imine (C=N–C) groups is 1. The summed E-state index contributed by atoms with van der Waals surface area (Å²) in [7, 11) is 0. The Labute approximate surface area is 151 Å². The molecule has 2 rings (SSSR count). The summed E-state index contributed by atoms with van der Waals surface area (Å²) in [4.78, 5) is 7.15. The molecule has 1 aromatic carbocycles. The third-order valence-electron chi connectivity index (χ3n) is 4.15. The molecule has 1 saturated heterocycles. The van der Waals surface area contributed by atoms with Crippen LogP contribution in [0.15, 0.2) is 35.3 Å². The van der Waals surface area contributed by atoms with E-state index in [1.807, 2.05) is 30.3 Å². The van der Waals surface area contributed by atoms with E-state index >= 15 is 0 Å². The van der Waals surface area contributed by atoms with Crippen molar-refractivity contribution < 1.29 is 9.47 Å². The van der Waals surface area contributed by atoms with Gasteiger partial charge in [-0.25, -0.2) is 0 Å². The highest BCUT2D eigenvalue weighted by Gasteiger charge is 2.16. The van der Waals surface area contributed by atoms with E-state index in [2.05, 4.69) is 29.4 Å². The molecule has 2 N–H and O–H groups in total. The summed E-state index contributed by atoms with van der Waals surface area (Å²) in [5, 5.41) is 6.69. The first-order valence-corrected chi connectivity index (χ1v) is 9.31. The van der Waals surface area contributed by atoms with Crippen molar-refractivity contribution in [2.75, 3.05) is 52.5 Å². The van der Waals surface area contributed by atoms with Gasteiger partial charge in [0.05, 0.1) is 26.4 Å². The maximum absolute atomic E-state index is 5.71. The van der Waals surface area contributed by atoms with Gasteiger partial charge in [0, 0.05) is 32.2 Å². The number of para-hydroxylation sites is 1. The first-order valence-electron chi connectivity index (χ1n) is 9.31. The molecule has 1 aliphatic rings. The van der Waals surface area contributed by atoms with Crippen molar-refractivity contribution in [2.24, 2.45) is 4.99 Å². The van der Waals surface area contributed by atoms with E-state index in [1.165, 1.54) is 0 Å². The predicted octanol–water partition coefficient (Wildman–Crippen LogP) is 1.73. The topological polar surface area (TPSA) is 58.1 Å². The van der Waals surface area contributed by atoms with Crippen LogP contribution in [0, 0.1) is 0 Å². The third-order valence-corrected chi connectivity index (χ3v) is 4.15. The standard InChI is InChI=1S/C19H32N4O2/c1-3-20-19(22-16-17(2)23-11-14-24-15-12-23)21-10-7-13-25-18-8-5-4-6-9-18/h4-6,8-9,17H,3,7,10-16H2,1-2H3,(H2,20,21,22). The number of hydrogen-bond donors (Lipinski definition) is 2. The fourth-order valence-corrected chi connectivity index (χ4v) is 2.68. The summed E-state index contributed by atoms with van der Waals surface area (Å²) in [5.74, 6) is 1.80. The second-order valence-electron chi connectivity index (χ2n) is 6.16. The number of nitrogens with zero attached hydrogens (tertiary/aromatic N) is 2. The molecule has 0 spiro atoms. The van der Waals surface area contributed by atoms with Gasteiger partial charge in [-0.05, 0) is 32.4 Å². The molecule has 0 radical (unpaired) electrons. The molecule has 0 aliphatic carbocycles. The number of hydrogen-bond acceptors (Lipinski definition) is 4. The molecule has 0 amide bonds. The number of morpholine rings is 1. The fraction of sp³-hybridized carbons (Fsp3) is 0.632. The van der Waals surface area contributed by atoms with Gasteiger partial charge in [0.2, 0.25) is 0 Å². The Kier molecular flexibility index (Phi) is 9.15. The summed E-state index contributed by atoms with van der Waals surface area (Å²) in [5.41, 5.74) is 0. The predicted molar refractivity (Wildman–Crippen MR) is 102 cm³/mol. The fourth-order valence-electron chi connectivity index (χ4n) is 2.68. The number of guanidine groups is 1. The zero-order valence-electron chi connectivity index (χ0n) is 15.5. The third kappa shape index (κ3) is 7.75. The van der Waals surface area contributed by atoms with E-state index < -0.39 is 0 Å². The summed E-state index contributed by atoms with van der Waals surface area (Å²) < 4.78 is 11.1. The van der Waals surface area contributed by atoms with Gasteiger partial charge in [-0.3, -0.25) is 9.89 Å². The van der Waals surface area contributed by atoms with Gasteiger partial charge in [-0.15, -0.1) is 0 Å². The van der Waals surface area contributed by atoms with Crippen molar-refractivity contribution in [3.8, 4) is 5.75 Å². The molecular weight excluding hydrogens is 316 g/mol. The minimum Gasteiger partial charge on any atom is -0.494 e. The van der Waals surface area contributed by atoms with Crippen LogP contribution in [0.3, 0.4) is 0 Å². The smallest absolute Gasteiger partial charge is 0.191 e. The average Bonchev–Trinajstić information content (AvgIpc) is 2.67. The van der Waals surface area contributed by atoms with Crippen molar-refractivity contribution in [1.82, 2.24) is 15.5 Å². The molecule has 1 atom stereocenters. The van der Waals surface area contributed by atoms with Crippen LogP contribution in [0.25, 0.3) is 0 Å². The number of benzene rings is 1. The van der Waals surface area contributed by atoms with Gasteiger partial charge in [0.25, 0.3) is 0 Å². The SMILES string of the molecule is CCNC(=NCC(C)N1CCOCC1)NCCCOc1ccccc1. The molecule has 6 heteroatoms. The quantitative estimate of drug-likeness (QED) is 0.404. The lowest BCUT2D eigenvalue weighted by Gasteiger charge is -2.31. The first-order chi connectivity index (χ1) is 12.3. The summed E-state index contributed by atoms with van der Waals surface area (Å²) in [6, 6.07) is 10.3. The molecule has 1 fully saturated rings. The Morgan fingerprint density at radius 3 is 2.72 bits per heavy atom. The van der Waals surface area contributed by atoms with Crippen LogP contribution in [-0.2, 0) is 4.74 Å². The van der Waals surface area contributed by atoms with Crippen LogP contribution < -0.4 is 15.4 Å². The molecule has 1 unspecified atom stereocenters. The zero-order valence-corrected chi connectivity index (χ0v) is 15.5. The van der Waals surface area contributed by atoms with E-state index in [0.717, 1.165) is 64.1 Å². The van der Waals surface area contributed by atoms with Gasteiger partial charge < -0.3 is 20.1 Å². The van der Waals surface area contributed by atoms with Crippen LogP contribution in [-0.4, -0.2) is 69.4 Å². The lowest BCUT2D eigenvalue weighted by Crippen LogP contribution is -2.44. The normalized spacial score (nSPS) is 17.1. The van der Waals surface area contributed by atoms with Gasteiger partial charge in [-0.1, -0.05) is 18.2 Å². The van der Waals surface area contributed by atoms with Crippen molar-refractivity contribution >= 4 is 5.96 Å². The summed E-state index contributed by atoms with van der Waals surface area (Å²) in [6.07, 6.45) is 0.929. The number of rotatable bonds is 9. The molecule has 1 aliphatic heterocycles. The second kappa shape index (κ2) is 11.7. The molecule has 0 aromatic heterocycles. The molecular formula is C19H32N4O2. The van der Waals surface area contributed by atoms with E-state index in [0.29, 0.717) is 12.6 Å². The molecule has 6 nitrogen and oxygen atoms in total. The molecule has 0 bridgehead atoms. The largest absolute Gasteiger partial charge is 0.494 e. The summed E-state index contributed by atoms with van der Waals surface area (Å²) >= 11 is 0. The molecule has 25 heavy (non-hydrogen) atoms. The van der Waals surface area contributed by atoms with Gasteiger partial charge >= 0.3 is 0 Å². The van der Waals surface area contributed by atoms with Crippen molar-refractivity contribution in [3.63, 3.8) is 0 Å². The lowest BCUT2D eigenvalue weighted by molar-refractivity contribution is 0.0220. The van der Waals surface area contributed by atoms with Crippen LogP contribution >= 0.6 is 0 Å². The first kappa shape index (κ1) is 19.5. The Morgan fingerprint density at radius 2 is 2.00 bits per heavy atom. The minimum absolute atomic E-state index is 0.431. The highest BCUT2D eigenvalue weighted by molar-refractivity contribution is 5.79. The Balaban J connectivity index is 1.66. The molecule has 140 valence electrons. The van der Waals surface area contributed by atoms with E-state index in [4.69, 9.17) is 14.5 Å². The molecule has 0 saturated carbocycles. The van der Waals surface area contributed by atoms with Crippen molar-refractivity contribution in [1.29, 1.82) is 0 Å².